The van der Waals surface area contributed by atoms with E-state index in [-0.39, 0.29) is 6.09 Å². The Kier molecular flexibility index (Phi) is 4.64. The fourth-order valence-corrected chi connectivity index (χ4v) is 4.02. The zero-order valence-electron chi connectivity index (χ0n) is 13.6. The molecule has 0 radical (unpaired) electrons. The lowest BCUT2D eigenvalue weighted by atomic mass is 10.2. The van der Waals surface area contributed by atoms with E-state index in [4.69, 9.17) is 16.3 Å². The lowest BCUT2D eigenvalue weighted by molar-refractivity contribution is 0.0269. The lowest BCUT2D eigenvalue weighted by Gasteiger charge is -2.26. The Morgan fingerprint density at radius 3 is 2.61 bits per heavy atom. The predicted octanol–water partition coefficient (Wildman–Crippen LogP) is 4.06. The van der Waals surface area contributed by atoms with Crippen LogP contribution in [0.25, 0.3) is 0 Å². The van der Waals surface area contributed by atoms with Crippen LogP contribution in [0.15, 0.2) is 22.7 Å². The van der Waals surface area contributed by atoms with Crippen molar-refractivity contribution >= 4 is 33.6 Å². The number of amides is 1. The first-order chi connectivity index (χ1) is 10.7. The van der Waals surface area contributed by atoms with Gasteiger partial charge in [-0.3, -0.25) is 0 Å². The van der Waals surface area contributed by atoms with Crippen LogP contribution in [-0.4, -0.2) is 35.7 Å². The number of rotatable bonds is 3. The van der Waals surface area contributed by atoms with Crippen LogP contribution in [0.5, 0.6) is 0 Å². The van der Waals surface area contributed by atoms with E-state index in [9.17, 15) is 4.79 Å². The molecule has 0 bridgehead atoms. The van der Waals surface area contributed by atoms with Gasteiger partial charge in [-0.15, -0.1) is 0 Å². The van der Waals surface area contributed by atoms with E-state index in [1.165, 1.54) is 5.56 Å². The molecule has 1 N–H and O–H groups in total. The molecular weight excluding hydrogens is 380 g/mol. The number of ether oxygens (including phenoxy) is 1. The number of fused-ring (bicyclic) bond motifs is 1. The summed E-state index contributed by atoms with van der Waals surface area (Å²) in [5.74, 6) is 1.10. The third-order valence-electron chi connectivity index (χ3n) is 4.39. The summed E-state index contributed by atoms with van der Waals surface area (Å²) < 4.78 is 6.46. The minimum absolute atomic E-state index is 0.191. The molecule has 0 spiro atoms. The highest BCUT2D eigenvalue weighted by Gasteiger charge is 2.56. The monoisotopic (exact) mass is 400 g/mol. The van der Waals surface area contributed by atoms with Gasteiger partial charge in [0.25, 0.3) is 0 Å². The second-order valence-electron chi connectivity index (χ2n) is 7.36. The lowest BCUT2D eigenvalue weighted by Crippen LogP contribution is -2.39. The Morgan fingerprint density at radius 2 is 2.04 bits per heavy atom. The van der Waals surface area contributed by atoms with Crippen molar-refractivity contribution in [2.45, 2.75) is 39.0 Å². The van der Waals surface area contributed by atoms with Crippen LogP contribution < -0.4 is 5.32 Å². The maximum atomic E-state index is 12.1. The molecule has 1 amide bonds. The van der Waals surface area contributed by atoms with Crippen LogP contribution in [0.2, 0.25) is 5.02 Å². The van der Waals surface area contributed by atoms with Crippen LogP contribution >= 0.6 is 27.5 Å². The van der Waals surface area contributed by atoms with E-state index in [0.29, 0.717) is 17.9 Å². The van der Waals surface area contributed by atoms with E-state index < -0.39 is 5.60 Å². The fourth-order valence-electron chi connectivity index (χ4n) is 3.20. The molecule has 3 rings (SSSR count). The minimum atomic E-state index is -0.428. The Bertz CT molecular complexity index is 605. The molecule has 6 heteroatoms. The van der Waals surface area contributed by atoms with E-state index in [0.717, 1.165) is 29.1 Å². The third kappa shape index (κ3) is 4.01. The molecule has 1 aromatic carbocycles. The first-order valence-corrected chi connectivity index (χ1v) is 9.07. The van der Waals surface area contributed by atoms with Gasteiger partial charge in [0.15, 0.2) is 0 Å². The van der Waals surface area contributed by atoms with E-state index in [1.54, 1.807) is 0 Å². The normalized spacial score (nSPS) is 26.1. The molecular formula is C17H22BrClN2O2. The van der Waals surface area contributed by atoms with Crippen molar-refractivity contribution in [1.82, 2.24) is 10.2 Å². The predicted molar refractivity (Wildman–Crippen MR) is 94.6 cm³/mol. The highest BCUT2D eigenvalue weighted by molar-refractivity contribution is 9.10. The van der Waals surface area contributed by atoms with Crippen molar-refractivity contribution in [1.29, 1.82) is 0 Å². The van der Waals surface area contributed by atoms with Crippen LogP contribution in [0, 0.1) is 11.8 Å². The van der Waals surface area contributed by atoms with Gasteiger partial charge in [0, 0.05) is 35.2 Å². The quantitative estimate of drug-likeness (QED) is 0.830. The molecule has 4 nitrogen and oxygen atoms in total. The summed E-state index contributed by atoms with van der Waals surface area (Å²) in [6.45, 7) is 8.09. The maximum absolute atomic E-state index is 12.1. The summed E-state index contributed by atoms with van der Waals surface area (Å²) in [4.78, 5) is 13.9. The van der Waals surface area contributed by atoms with Crippen LogP contribution in [0.3, 0.4) is 0 Å². The van der Waals surface area contributed by atoms with Crippen molar-refractivity contribution in [3.05, 3.63) is 33.3 Å². The molecule has 2 aliphatic rings. The minimum Gasteiger partial charge on any atom is -0.444 e. The van der Waals surface area contributed by atoms with Gasteiger partial charge in [-0.25, -0.2) is 4.79 Å². The van der Waals surface area contributed by atoms with Crippen LogP contribution in [0.1, 0.15) is 26.3 Å². The molecule has 2 atom stereocenters. The van der Waals surface area contributed by atoms with Gasteiger partial charge in [0.1, 0.15) is 5.60 Å². The summed E-state index contributed by atoms with van der Waals surface area (Å²) >= 11 is 9.50. The standard InChI is InChI=1S/C17H22BrClN2O2/c1-17(2,3)23-16(22)21-8-12-13(9-21)15(12)20-7-10-4-5-11(19)6-14(10)18/h4-6,12-13,15,20H,7-9H2,1-3H3. The highest BCUT2D eigenvalue weighted by atomic mass is 79.9. The van der Waals surface area contributed by atoms with Crippen molar-refractivity contribution in [3.8, 4) is 0 Å². The smallest absolute Gasteiger partial charge is 0.410 e. The SMILES string of the molecule is CC(C)(C)OC(=O)N1CC2C(C1)C2NCc1ccc(Cl)cc1Br. The van der Waals surface area contributed by atoms with Gasteiger partial charge >= 0.3 is 6.09 Å². The molecule has 2 unspecified atom stereocenters. The third-order valence-corrected chi connectivity index (χ3v) is 5.36. The second-order valence-corrected chi connectivity index (χ2v) is 8.65. The average molecular weight is 402 g/mol. The topological polar surface area (TPSA) is 41.6 Å². The summed E-state index contributed by atoms with van der Waals surface area (Å²) in [6, 6.07) is 6.35. The van der Waals surface area contributed by atoms with Gasteiger partial charge in [0.05, 0.1) is 0 Å². The number of likely N-dealkylation sites (tertiary alicyclic amines) is 1. The Hall–Kier alpha value is -0.780. The number of halogens is 2. The summed E-state index contributed by atoms with van der Waals surface area (Å²) in [5, 5.41) is 4.32. The van der Waals surface area contributed by atoms with E-state index >= 15 is 0 Å². The van der Waals surface area contributed by atoms with Gasteiger partial charge in [-0.2, -0.15) is 0 Å². The van der Waals surface area contributed by atoms with Crippen LogP contribution in [-0.2, 0) is 11.3 Å². The van der Waals surface area contributed by atoms with Crippen LogP contribution in [0.4, 0.5) is 4.79 Å². The number of hydrogen-bond donors (Lipinski definition) is 1. The first kappa shape index (κ1) is 17.1. The van der Waals surface area contributed by atoms with Gasteiger partial charge in [0.2, 0.25) is 0 Å². The van der Waals surface area contributed by atoms with Crippen molar-refractivity contribution in [2.24, 2.45) is 11.8 Å². The molecule has 1 aromatic rings. The Balaban J connectivity index is 1.46. The summed E-state index contributed by atoms with van der Waals surface area (Å²) in [6.07, 6.45) is -0.191. The molecule has 1 saturated carbocycles. The molecule has 0 aromatic heterocycles. The first-order valence-electron chi connectivity index (χ1n) is 7.90. The number of carbonyl (C=O) groups is 1. The number of piperidine rings is 1. The molecule has 1 aliphatic carbocycles. The second kappa shape index (κ2) is 6.26. The summed E-state index contributed by atoms with van der Waals surface area (Å²) in [5.41, 5.74) is 0.769. The van der Waals surface area contributed by atoms with Crippen molar-refractivity contribution < 1.29 is 9.53 Å². The Labute approximate surface area is 150 Å². The highest BCUT2D eigenvalue weighted by Crippen LogP contribution is 2.46. The van der Waals surface area contributed by atoms with Crippen molar-refractivity contribution in [3.63, 3.8) is 0 Å². The van der Waals surface area contributed by atoms with Gasteiger partial charge in [-0.1, -0.05) is 33.6 Å². The molecule has 1 heterocycles. The summed E-state index contributed by atoms with van der Waals surface area (Å²) in [7, 11) is 0. The zero-order valence-corrected chi connectivity index (χ0v) is 15.9. The number of nitrogens with one attached hydrogen (secondary N) is 1. The molecule has 1 aliphatic heterocycles. The number of hydrogen-bond acceptors (Lipinski definition) is 3. The van der Waals surface area contributed by atoms with Gasteiger partial charge < -0.3 is 15.0 Å². The number of nitrogens with zero attached hydrogens (tertiary/aromatic N) is 1. The average Bonchev–Trinajstić information content (AvgIpc) is 2.88. The maximum Gasteiger partial charge on any atom is 0.410 e. The fraction of sp³-hybridized carbons (Fsp3) is 0.588. The van der Waals surface area contributed by atoms with Gasteiger partial charge in [-0.05, 0) is 50.3 Å². The van der Waals surface area contributed by atoms with Crippen molar-refractivity contribution in [2.75, 3.05) is 13.1 Å². The molecule has 1 saturated heterocycles. The van der Waals surface area contributed by atoms with E-state index in [1.807, 2.05) is 43.9 Å². The molecule has 23 heavy (non-hydrogen) atoms. The largest absolute Gasteiger partial charge is 0.444 e. The Morgan fingerprint density at radius 1 is 1.39 bits per heavy atom. The number of carbonyl (C=O) groups excluding carboxylic acids is 1. The molecule has 2 fully saturated rings. The van der Waals surface area contributed by atoms with E-state index in [2.05, 4.69) is 21.2 Å². The number of benzene rings is 1. The molecule has 126 valence electrons. The zero-order chi connectivity index (χ0) is 16.8.